The Bertz CT molecular complexity index is 1530. The van der Waals surface area contributed by atoms with Gasteiger partial charge in [0.15, 0.2) is 0 Å². The lowest BCUT2D eigenvalue weighted by molar-refractivity contribution is -0.117. The topological polar surface area (TPSA) is 130 Å². The maximum absolute atomic E-state index is 13.0. The number of hydrogen-bond donors (Lipinski definition) is 3. The van der Waals surface area contributed by atoms with Crippen molar-refractivity contribution in [2.45, 2.75) is 25.3 Å². The highest BCUT2D eigenvalue weighted by atomic mass is 35.5. The molecule has 0 saturated carbocycles. The van der Waals surface area contributed by atoms with E-state index < -0.39 is 6.04 Å². The van der Waals surface area contributed by atoms with Crippen LogP contribution in [0.1, 0.15) is 36.7 Å². The molecule has 2 bridgehead atoms. The Hall–Kier alpha value is -4.28. The zero-order valence-electron chi connectivity index (χ0n) is 19.9. The van der Waals surface area contributed by atoms with Gasteiger partial charge < -0.3 is 15.6 Å². The molecule has 1 aliphatic rings. The molecule has 3 N–H and O–H groups in total. The van der Waals surface area contributed by atoms with E-state index in [1.54, 1.807) is 30.3 Å². The number of tetrazole rings is 1. The normalized spacial score (nSPS) is 16.6. The highest BCUT2D eigenvalue weighted by molar-refractivity contribution is 6.32. The van der Waals surface area contributed by atoms with E-state index in [-0.39, 0.29) is 11.8 Å². The average molecular weight is 549 g/mol. The molecule has 0 radical (unpaired) electrons. The van der Waals surface area contributed by atoms with E-state index in [4.69, 9.17) is 28.2 Å². The van der Waals surface area contributed by atoms with Gasteiger partial charge in [0.05, 0.1) is 17.4 Å². The molecule has 12 heteroatoms. The fourth-order valence-electron chi connectivity index (χ4n) is 4.05. The van der Waals surface area contributed by atoms with Gasteiger partial charge in [-0.1, -0.05) is 53.6 Å². The van der Waals surface area contributed by atoms with Crippen LogP contribution < -0.4 is 10.6 Å². The van der Waals surface area contributed by atoms with Crippen LogP contribution in [-0.2, 0) is 9.59 Å². The molecule has 5 rings (SSSR count). The molecule has 10 nitrogen and oxygen atoms in total. The predicted octanol–water partition coefficient (Wildman–Crippen LogP) is 4.91. The molecule has 2 aromatic carbocycles. The maximum atomic E-state index is 13.0. The quantitative estimate of drug-likeness (QED) is 0.245. The molecule has 0 unspecified atom stereocenters. The Morgan fingerprint density at radius 3 is 2.87 bits per heavy atom. The third-order valence-electron chi connectivity index (χ3n) is 5.86. The summed E-state index contributed by atoms with van der Waals surface area (Å²) in [4.78, 5) is 33.2. The van der Waals surface area contributed by atoms with Gasteiger partial charge in [-0.05, 0) is 53.6 Å². The average Bonchev–Trinajstić information content (AvgIpc) is 3.57. The van der Waals surface area contributed by atoms with Crippen molar-refractivity contribution in [2.24, 2.45) is 0 Å². The zero-order valence-corrected chi connectivity index (χ0v) is 21.4. The minimum atomic E-state index is -0.496. The fraction of sp³-hybridized carbons (Fsp3) is 0.154. The van der Waals surface area contributed by atoms with E-state index in [9.17, 15) is 9.59 Å². The summed E-state index contributed by atoms with van der Waals surface area (Å²) in [6.45, 7) is 0. The standard InChI is InChI=1S/C26H22Cl2N8O2/c27-17-11-12-21(36-15-29-34-35-36)16(14-17)10-13-23(38)31-20-8-2-1-3-9-22(37)30-19-7-5-4-6-18(19)24-25(28)33-26(20)32-24/h1-2,4-7,10-15,20H,3,8-9H2,(H,30,37)(H,31,38)(H,32,33)/b2-1+,13-10+/t20-/m0/s1. The number of anilines is 1. The zero-order chi connectivity index (χ0) is 26.5. The summed E-state index contributed by atoms with van der Waals surface area (Å²) in [5.41, 5.74) is 3.11. The third kappa shape index (κ3) is 5.82. The monoisotopic (exact) mass is 548 g/mol. The number of para-hydroxylation sites is 1. The van der Waals surface area contributed by atoms with Crippen molar-refractivity contribution in [3.05, 3.63) is 88.6 Å². The molecule has 0 spiro atoms. The number of carbonyl (C=O) groups is 2. The number of aromatic nitrogens is 6. The summed E-state index contributed by atoms with van der Waals surface area (Å²) in [5, 5.41) is 18.0. The Kier molecular flexibility index (Phi) is 7.62. The summed E-state index contributed by atoms with van der Waals surface area (Å²) in [7, 11) is 0. The lowest BCUT2D eigenvalue weighted by Gasteiger charge is -2.14. The first-order valence-electron chi connectivity index (χ1n) is 11.8. The lowest BCUT2D eigenvalue weighted by Crippen LogP contribution is -2.27. The summed E-state index contributed by atoms with van der Waals surface area (Å²) in [6, 6.07) is 12.0. The first kappa shape index (κ1) is 25.4. The summed E-state index contributed by atoms with van der Waals surface area (Å²) < 4.78 is 1.48. The van der Waals surface area contributed by atoms with E-state index >= 15 is 0 Å². The molecular formula is C26H22Cl2N8O2. The number of allylic oxidation sites excluding steroid dienone is 1. The molecule has 2 aromatic heterocycles. The number of amides is 2. The second-order valence-corrected chi connectivity index (χ2v) is 9.29. The van der Waals surface area contributed by atoms with Crippen molar-refractivity contribution >= 4 is 46.8 Å². The van der Waals surface area contributed by atoms with Gasteiger partial charge in [-0.2, -0.15) is 4.68 Å². The van der Waals surface area contributed by atoms with Crippen molar-refractivity contribution < 1.29 is 9.59 Å². The number of benzene rings is 2. The number of hydrogen-bond acceptors (Lipinski definition) is 6. The largest absolute Gasteiger partial charge is 0.342 e. The number of carbonyl (C=O) groups excluding carboxylic acids is 2. The second kappa shape index (κ2) is 11.4. The maximum Gasteiger partial charge on any atom is 0.244 e. The van der Waals surface area contributed by atoms with E-state index in [0.29, 0.717) is 63.5 Å². The number of rotatable bonds is 4. The van der Waals surface area contributed by atoms with Crippen LogP contribution in [0, 0.1) is 0 Å². The highest BCUT2D eigenvalue weighted by Crippen LogP contribution is 2.33. The van der Waals surface area contributed by atoms with Crippen LogP contribution in [0.5, 0.6) is 0 Å². The molecular weight excluding hydrogens is 527 g/mol. The number of fused-ring (bicyclic) bond motifs is 4. The number of halogens is 2. The van der Waals surface area contributed by atoms with Crippen LogP contribution >= 0.6 is 23.2 Å². The lowest BCUT2D eigenvalue weighted by atomic mass is 10.1. The van der Waals surface area contributed by atoms with E-state index in [2.05, 4.69) is 31.1 Å². The Balaban J connectivity index is 1.42. The SMILES string of the molecule is O=C(/C=C/c1cc(Cl)ccc1-n1cnnn1)N[C@H]1C/C=C/CCC(=O)Nc2ccccc2-c2nc1[nH]c2Cl. The number of nitrogens with zero attached hydrogens (tertiary/aromatic N) is 5. The number of nitrogens with one attached hydrogen (secondary N) is 3. The molecule has 0 aliphatic carbocycles. The molecule has 4 aromatic rings. The van der Waals surface area contributed by atoms with Crippen LogP contribution in [0.15, 0.2) is 67.0 Å². The van der Waals surface area contributed by atoms with Crippen LogP contribution in [0.25, 0.3) is 23.0 Å². The van der Waals surface area contributed by atoms with Gasteiger partial charge in [0.25, 0.3) is 0 Å². The minimum absolute atomic E-state index is 0.106. The summed E-state index contributed by atoms with van der Waals surface area (Å²) in [5.74, 6) is 0.0425. The molecule has 0 fully saturated rings. The Morgan fingerprint density at radius 1 is 1.16 bits per heavy atom. The van der Waals surface area contributed by atoms with Crippen molar-refractivity contribution in [1.29, 1.82) is 0 Å². The van der Waals surface area contributed by atoms with Crippen LogP contribution in [0.2, 0.25) is 10.2 Å². The van der Waals surface area contributed by atoms with Gasteiger partial charge in [-0.3, -0.25) is 9.59 Å². The second-order valence-electron chi connectivity index (χ2n) is 8.48. The molecule has 1 aliphatic heterocycles. The predicted molar refractivity (Wildman–Crippen MR) is 145 cm³/mol. The number of H-pyrrole nitrogens is 1. The van der Waals surface area contributed by atoms with Gasteiger partial charge >= 0.3 is 0 Å². The number of aromatic amines is 1. The van der Waals surface area contributed by atoms with E-state index in [1.807, 2.05) is 30.4 Å². The van der Waals surface area contributed by atoms with Crippen molar-refractivity contribution in [1.82, 2.24) is 35.5 Å². The molecule has 1 atom stereocenters. The molecule has 38 heavy (non-hydrogen) atoms. The summed E-state index contributed by atoms with van der Waals surface area (Å²) >= 11 is 12.7. The van der Waals surface area contributed by atoms with Gasteiger partial charge in [-0.25, -0.2) is 4.98 Å². The van der Waals surface area contributed by atoms with Crippen LogP contribution in [-0.4, -0.2) is 42.0 Å². The summed E-state index contributed by atoms with van der Waals surface area (Å²) in [6.07, 6.45) is 9.66. The Labute approximate surface area is 227 Å². The highest BCUT2D eigenvalue weighted by Gasteiger charge is 2.21. The molecule has 3 heterocycles. The smallest absolute Gasteiger partial charge is 0.244 e. The van der Waals surface area contributed by atoms with Crippen molar-refractivity contribution in [3.8, 4) is 16.9 Å². The number of imidazole rings is 1. The van der Waals surface area contributed by atoms with Crippen LogP contribution in [0.4, 0.5) is 5.69 Å². The minimum Gasteiger partial charge on any atom is -0.342 e. The van der Waals surface area contributed by atoms with E-state index in [0.717, 1.165) is 0 Å². The molecule has 2 amide bonds. The van der Waals surface area contributed by atoms with Gasteiger partial charge in [-0.15, -0.1) is 5.10 Å². The van der Waals surface area contributed by atoms with E-state index in [1.165, 1.54) is 17.1 Å². The molecule has 192 valence electrons. The van der Waals surface area contributed by atoms with Crippen molar-refractivity contribution in [2.75, 3.05) is 5.32 Å². The first-order chi connectivity index (χ1) is 18.5. The molecule has 0 saturated heterocycles. The van der Waals surface area contributed by atoms with Gasteiger partial charge in [0.2, 0.25) is 11.8 Å². The van der Waals surface area contributed by atoms with Crippen molar-refractivity contribution in [3.63, 3.8) is 0 Å². The fourth-order valence-corrected chi connectivity index (χ4v) is 4.47. The first-order valence-corrected chi connectivity index (χ1v) is 12.5. The third-order valence-corrected chi connectivity index (χ3v) is 6.37. The van der Waals surface area contributed by atoms with Gasteiger partial charge in [0, 0.05) is 28.6 Å². The van der Waals surface area contributed by atoms with Gasteiger partial charge in [0.1, 0.15) is 23.0 Å². The van der Waals surface area contributed by atoms with Crippen LogP contribution in [0.3, 0.4) is 0 Å². The Morgan fingerprint density at radius 2 is 2.03 bits per heavy atom.